The van der Waals surface area contributed by atoms with Gasteiger partial charge in [0.05, 0.1) is 5.41 Å². The smallest absolute Gasteiger partial charge is 0.271 e. The van der Waals surface area contributed by atoms with Gasteiger partial charge in [-0.1, -0.05) is 0 Å². The average Bonchev–Trinajstić information content (AvgIpc) is 3.16. The highest BCUT2D eigenvalue weighted by Crippen LogP contribution is 2.65. The largest absolute Gasteiger partial charge is 0.333 e. The molecule has 6 nitrogen and oxygen atoms in total. The maximum atomic E-state index is 13.1. The second-order valence-corrected chi connectivity index (χ2v) is 9.10. The van der Waals surface area contributed by atoms with Crippen LogP contribution in [0.25, 0.3) is 4.96 Å². The Bertz CT molecular complexity index is 871. The number of thiazole rings is 1. The Labute approximate surface area is 149 Å². The van der Waals surface area contributed by atoms with Gasteiger partial charge in [0.15, 0.2) is 4.96 Å². The van der Waals surface area contributed by atoms with Gasteiger partial charge in [-0.25, -0.2) is 4.98 Å². The molecule has 2 aromatic rings. The molecule has 3 aliphatic carbocycles. The second-order valence-electron chi connectivity index (χ2n) is 8.27. The zero-order valence-corrected chi connectivity index (χ0v) is 14.7. The van der Waals surface area contributed by atoms with Crippen molar-refractivity contribution in [1.29, 1.82) is 0 Å². The van der Waals surface area contributed by atoms with Crippen molar-refractivity contribution in [2.75, 3.05) is 13.1 Å². The van der Waals surface area contributed by atoms with Crippen molar-refractivity contribution in [3.8, 4) is 0 Å². The number of aromatic nitrogens is 2. The van der Waals surface area contributed by atoms with Gasteiger partial charge in [-0.2, -0.15) is 0 Å². The van der Waals surface area contributed by atoms with E-state index in [1.165, 1.54) is 11.3 Å². The molecule has 0 radical (unpaired) electrons. The number of carbonyl (C=O) groups excluding carboxylic acids is 2. The van der Waals surface area contributed by atoms with Gasteiger partial charge < -0.3 is 9.80 Å². The summed E-state index contributed by atoms with van der Waals surface area (Å²) in [5, 5.41) is 1.89. The first-order chi connectivity index (χ1) is 12.1. The van der Waals surface area contributed by atoms with Crippen LogP contribution in [-0.2, 0) is 4.79 Å². The van der Waals surface area contributed by atoms with Crippen molar-refractivity contribution in [1.82, 2.24) is 19.2 Å². The second kappa shape index (κ2) is 4.63. The Kier molecular flexibility index (Phi) is 2.65. The van der Waals surface area contributed by atoms with Crippen LogP contribution in [0.2, 0.25) is 0 Å². The molecule has 0 spiro atoms. The summed E-state index contributed by atoms with van der Waals surface area (Å²) in [6.07, 6.45) is 8.96. The number of hydrogen-bond acceptors (Lipinski definition) is 4. The molecule has 2 aliphatic heterocycles. The van der Waals surface area contributed by atoms with Crippen molar-refractivity contribution in [2.45, 2.75) is 44.2 Å². The third-order valence-corrected chi connectivity index (χ3v) is 7.71. The van der Waals surface area contributed by atoms with Crippen LogP contribution in [0.4, 0.5) is 0 Å². The Balaban J connectivity index is 1.24. The lowest BCUT2D eigenvalue weighted by molar-refractivity contribution is -0.182. The molecule has 7 heteroatoms. The van der Waals surface area contributed by atoms with Gasteiger partial charge in [0.25, 0.3) is 5.91 Å². The summed E-state index contributed by atoms with van der Waals surface area (Å²) in [5.41, 5.74) is 0.685. The fraction of sp³-hybridized carbons (Fsp3) is 0.611. The molecular formula is C18H20N4O2S. The number of piperazine rings is 1. The molecule has 2 aromatic heterocycles. The van der Waals surface area contributed by atoms with E-state index in [2.05, 4.69) is 9.88 Å². The molecule has 3 saturated carbocycles. The van der Waals surface area contributed by atoms with E-state index in [-0.39, 0.29) is 23.4 Å². The molecule has 0 aromatic carbocycles. The first kappa shape index (κ1) is 14.3. The molecule has 5 fully saturated rings. The summed E-state index contributed by atoms with van der Waals surface area (Å²) in [6.45, 7) is 1.35. The number of rotatable bonds is 2. The van der Waals surface area contributed by atoms with E-state index >= 15 is 0 Å². The van der Waals surface area contributed by atoms with Crippen LogP contribution in [-0.4, -0.2) is 56.2 Å². The van der Waals surface area contributed by atoms with Crippen LogP contribution < -0.4 is 0 Å². The molecule has 4 heterocycles. The standard InChI is InChI=1S/C18H20N4O2S/c23-15(14-10-25-17-19-3-4-21(14)17)20-8-12-1-2-13(9-20)22(12)16(24)18-5-11(6-18)7-18/h3-4,10-13H,1-2,5-9H2. The Morgan fingerprint density at radius 3 is 2.52 bits per heavy atom. The van der Waals surface area contributed by atoms with Gasteiger partial charge in [-0.05, 0) is 38.0 Å². The lowest BCUT2D eigenvalue weighted by Gasteiger charge is -2.62. The molecular weight excluding hydrogens is 336 g/mol. The quantitative estimate of drug-likeness (QED) is 0.827. The number of likely N-dealkylation sites (tertiary alicyclic amines) is 1. The van der Waals surface area contributed by atoms with Crippen LogP contribution in [0, 0.1) is 11.3 Å². The summed E-state index contributed by atoms with van der Waals surface area (Å²) < 4.78 is 1.87. The minimum atomic E-state index is -0.00594. The van der Waals surface area contributed by atoms with Gasteiger partial charge in [-0.3, -0.25) is 14.0 Å². The lowest BCUT2D eigenvalue weighted by Crippen LogP contribution is -2.66. The SMILES string of the molecule is O=C(c1csc2nccn12)N1CC2CCC(C1)N2C(=O)C12CC(C1)C2. The summed E-state index contributed by atoms with van der Waals surface area (Å²) in [5.74, 6) is 1.28. The molecule has 2 amide bonds. The first-order valence-electron chi connectivity index (χ1n) is 9.17. The van der Waals surface area contributed by atoms with Crippen LogP contribution in [0.1, 0.15) is 42.6 Å². The summed E-state index contributed by atoms with van der Waals surface area (Å²) in [4.78, 5) is 35.3. The predicted molar refractivity (Wildman–Crippen MR) is 92.4 cm³/mol. The monoisotopic (exact) mass is 356 g/mol. The van der Waals surface area contributed by atoms with E-state index < -0.39 is 0 Å². The Morgan fingerprint density at radius 2 is 1.88 bits per heavy atom. The van der Waals surface area contributed by atoms with Crippen LogP contribution >= 0.6 is 11.3 Å². The number of amides is 2. The Hall–Kier alpha value is -1.89. The van der Waals surface area contributed by atoms with Gasteiger partial charge in [-0.15, -0.1) is 11.3 Å². The molecule has 4 bridgehead atoms. The number of nitrogens with zero attached hydrogens (tertiary/aromatic N) is 4. The van der Waals surface area contributed by atoms with E-state index in [1.807, 2.05) is 20.9 Å². The van der Waals surface area contributed by atoms with E-state index in [0.29, 0.717) is 24.7 Å². The molecule has 25 heavy (non-hydrogen) atoms. The van der Waals surface area contributed by atoms with E-state index in [1.54, 1.807) is 6.20 Å². The third kappa shape index (κ3) is 1.77. The van der Waals surface area contributed by atoms with Crippen molar-refractivity contribution in [3.05, 3.63) is 23.5 Å². The maximum Gasteiger partial charge on any atom is 0.271 e. The first-order valence-corrected chi connectivity index (χ1v) is 10.1. The number of hydrogen-bond donors (Lipinski definition) is 0. The zero-order chi connectivity index (χ0) is 16.8. The van der Waals surface area contributed by atoms with Crippen molar-refractivity contribution < 1.29 is 9.59 Å². The molecule has 0 N–H and O–H groups in total. The third-order valence-electron chi connectivity index (χ3n) is 6.86. The van der Waals surface area contributed by atoms with E-state index in [4.69, 9.17) is 0 Å². The van der Waals surface area contributed by atoms with E-state index in [9.17, 15) is 9.59 Å². The molecule has 7 rings (SSSR count). The molecule has 5 aliphatic rings. The lowest BCUT2D eigenvalue weighted by atomic mass is 9.44. The predicted octanol–water partition coefficient (Wildman–Crippen LogP) is 2.01. The van der Waals surface area contributed by atoms with Crippen molar-refractivity contribution in [3.63, 3.8) is 0 Å². The van der Waals surface area contributed by atoms with Gasteiger partial charge in [0.1, 0.15) is 5.69 Å². The van der Waals surface area contributed by atoms with Crippen LogP contribution in [0.15, 0.2) is 17.8 Å². The highest BCUT2D eigenvalue weighted by Gasteiger charge is 2.64. The van der Waals surface area contributed by atoms with Gasteiger partial charge in [0, 0.05) is 42.9 Å². The highest BCUT2D eigenvalue weighted by atomic mass is 32.1. The number of carbonyl (C=O) groups is 2. The number of fused-ring (bicyclic) bond motifs is 3. The van der Waals surface area contributed by atoms with Crippen LogP contribution in [0.5, 0.6) is 0 Å². The topological polar surface area (TPSA) is 57.9 Å². The molecule has 2 atom stereocenters. The summed E-state index contributed by atoms with van der Waals surface area (Å²) in [7, 11) is 0. The summed E-state index contributed by atoms with van der Waals surface area (Å²) in [6, 6.07) is 0.419. The fourth-order valence-electron chi connectivity index (χ4n) is 5.46. The minimum Gasteiger partial charge on any atom is -0.333 e. The molecule has 2 unspecified atom stereocenters. The van der Waals surface area contributed by atoms with E-state index in [0.717, 1.165) is 43.0 Å². The van der Waals surface area contributed by atoms with Crippen LogP contribution in [0.3, 0.4) is 0 Å². The fourth-order valence-corrected chi connectivity index (χ4v) is 6.28. The van der Waals surface area contributed by atoms with Crippen molar-refractivity contribution >= 4 is 28.1 Å². The Morgan fingerprint density at radius 1 is 1.16 bits per heavy atom. The average molecular weight is 356 g/mol. The molecule has 2 saturated heterocycles. The zero-order valence-electron chi connectivity index (χ0n) is 13.9. The van der Waals surface area contributed by atoms with Gasteiger partial charge in [0.2, 0.25) is 5.91 Å². The summed E-state index contributed by atoms with van der Waals surface area (Å²) >= 11 is 1.49. The number of imidazole rings is 1. The van der Waals surface area contributed by atoms with Gasteiger partial charge >= 0.3 is 0 Å². The molecule has 130 valence electrons. The minimum absolute atomic E-state index is 0.00594. The maximum absolute atomic E-state index is 13.1. The van der Waals surface area contributed by atoms with Crippen molar-refractivity contribution in [2.24, 2.45) is 11.3 Å². The highest BCUT2D eigenvalue weighted by molar-refractivity contribution is 7.15. The normalized spacial score (nSPS) is 35.6.